The molecule has 0 bridgehead atoms. The summed E-state index contributed by atoms with van der Waals surface area (Å²) < 4.78 is 2.02. The van der Waals surface area contributed by atoms with Gasteiger partial charge in [-0.15, -0.1) is 11.3 Å². The van der Waals surface area contributed by atoms with E-state index in [2.05, 4.69) is 28.6 Å². The summed E-state index contributed by atoms with van der Waals surface area (Å²) in [5, 5.41) is 10.9. The normalized spacial score (nSPS) is 14.4. The minimum atomic E-state index is -0.953. The van der Waals surface area contributed by atoms with Crippen LogP contribution in [0.5, 0.6) is 0 Å². The van der Waals surface area contributed by atoms with Gasteiger partial charge in [-0.2, -0.15) is 0 Å². The predicted molar refractivity (Wildman–Crippen MR) is 91.8 cm³/mol. The first-order valence-corrected chi connectivity index (χ1v) is 8.58. The summed E-state index contributed by atoms with van der Waals surface area (Å²) in [6.45, 7) is 0. The topological polar surface area (TPSA) is 54.6 Å². The van der Waals surface area contributed by atoms with E-state index in [9.17, 15) is 4.79 Å². The van der Waals surface area contributed by atoms with Gasteiger partial charge in [-0.1, -0.05) is 12.1 Å². The Morgan fingerprint density at radius 3 is 2.91 bits per heavy atom. The summed E-state index contributed by atoms with van der Waals surface area (Å²) in [5.41, 5.74) is 5.93. The summed E-state index contributed by atoms with van der Waals surface area (Å²) in [6, 6.07) is 6.67. The van der Waals surface area contributed by atoms with Crippen LogP contribution in [-0.2, 0) is 17.6 Å². The van der Waals surface area contributed by atoms with Crippen molar-refractivity contribution in [2.75, 3.05) is 0 Å². The van der Waals surface area contributed by atoms with Crippen molar-refractivity contribution in [3.05, 3.63) is 52.7 Å². The maximum atomic E-state index is 10.8. The highest BCUT2D eigenvalue weighted by molar-refractivity contribution is 7.15. The van der Waals surface area contributed by atoms with Crippen LogP contribution >= 0.6 is 11.3 Å². The van der Waals surface area contributed by atoms with Crippen molar-refractivity contribution in [1.29, 1.82) is 0 Å². The molecule has 0 atom stereocenters. The van der Waals surface area contributed by atoms with Crippen LogP contribution in [-0.4, -0.2) is 20.5 Å². The fraction of sp³-hybridized carbons (Fsp3) is 0.222. The number of thiazole rings is 1. The van der Waals surface area contributed by atoms with Gasteiger partial charge in [-0.05, 0) is 54.5 Å². The van der Waals surface area contributed by atoms with E-state index in [-0.39, 0.29) is 0 Å². The molecule has 0 saturated heterocycles. The van der Waals surface area contributed by atoms with Gasteiger partial charge >= 0.3 is 5.97 Å². The zero-order valence-corrected chi connectivity index (χ0v) is 13.3. The maximum Gasteiger partial charge on any atom is 0.328 e. The lowest BCUT2D eigenvalue weighted by Crippen LogP contribution is -2.02. The Hall–Kier alpha value is -2.40. The molecule has 3 aromatic rings. The third kappa shape index (κ3) is 2.57. The SMILES string of the molecule is O=C(O)/C=C/c1cnc2scc(-c3ccc4c(c3)CCCC4)n12. The molecule has 0 saturated carbocycles. The number of carboxylic acid groups (broad SMARTS) is 1. The molecule has 5 heteroatoms. The van der Waals surface area contributed by atoms with E-state index < -0.39 is 5.97 Å². The van der Waals surface area contributed by atoms with Crippen molar-refractivity contribution in [1.82, 2.24) is 9.38 Å². The molecule has 4 nitrogen and oxygen atoms in total. The lowest BCUT2D eigenvalue weighted by atomic mass is 9.90. The van der Waals surface area contributed by atoms with Crippen LogP contribution in [0.4, 0.5) is 0 Å². The third-order valence-electron chi connectivity index (χ3n) is 4.31. The van der Waals surface area contributed by atoms with E-state index in [1.807, 2.05) is 4.40 Å². The lowest BCUT2D eigenvalue weighted by Gasteiger charge is -2.16. The van der Waals surface area contributed by atoms with Gasteiger partial charge in [0.2, 0.25) is 0 Å². The summed E-state index contributed by atoms with van der Waals surface area (Å²) in [5.74, 6) is -0.953. The number of aromatic nitrogens is 2. The van der Waals surface area contributed by atoms with Crippen LogP contribution in [0.3, 0.4) is 0 Å². The number of hydrogen-bond acceptors (Lipinski definition) is 3. The molecule has 2 heterocycles. The van der Waals surface area contributed by atoms with Crippen molar-refractivity contribution in [2.45, 2.75) is 25.7 Å². The van der Waals surface area contributed by atoms with Gasteiger partial charge in [0.1, 0.15) is 0 Å². The second kappa shape index (κ2) is 5.66. The van der Waals surface area contributed by atoms with Gasteiger partial charge in [-0.3, -0.25) is 4.40 Å². The third-order valence-corrected chi connectivity index (χ3v) is 5.15. The molecule has 23 heavy (non-hydrogen) atoms. The zero-order chi connectivity index (χ0) is 15.8. The molecule has 1 aromatic carbocycles. The highest BCUT2D eigenvalue weighted by atomic mass is 32.1. The Balaban J connectivity index is 1.82. The number of benzene rings is 1. The average molecular weight is 324 g/mol. The number of carbonyl (C=O) groups is 1. The highest BCUT2D eigenvalue weighted by Gasteiger charge is 2.14. The Labute approximate surface area is 137 Å². The van der Waals surface area contributed by atoms with E-state index in [1.54, 1.807) is 23.6 Å². The second-order valence-corrected chi connectivity index (χ2v) is 6.62. The van der Waals surface area contributed by atoms with Gasteiger partial charge in [0.25, 0.3) is 0 Å². The number of aryl methyl sites for hydroxylation is 2. The molecule has 1 aliphatic rings. The van der Waals surface area contributed by atoms with Crippen molar-refractivity contribution in [3.8, 4) is 11.3 Å². The summed E-state index contributed by atoms with van der Waals surface area (Å²) in [6.07, 6.45) is 9.31. The Morgan fingerprint density at radius 2 is 2.09 bits per heavy atom. The van der Waals surface area contributed by atoms with Crippen molar-refractivity contribution >= 4 is 28.3 Å². The lowest BCUT2D eigenvalue weighted by molar-refractivity contribution is -0.131. The second-order valence-electron chi connectivity index (χ2n) is 5.78. The van der Waals surface area contributed by atoms with Gasteiger partial charge in [0.05, 0.1) is 17.6 Å². The van der Waals surface area contributed by atoms with E-state index in [4.69, 9.17) is 5.11 Å². The van der Waals surface area contributed by atoms with Crippen molar-refractivity contribution < 1.29 is 9.90 Å². The van der Waals surface area contributed by atoms with Crippen molar-refractivity contribution in [3.63, 3.8) is 0 Å². The molecule has 0 radical (unpaired) electrons. The Kier molecular flexibility index (Phi) is 3.50. The molecule has 0 aliphatic heterocycles. The minimum absolute atomic E-state index is 0.788. The van der Waals surface area contributed by atoms with Crippen molar-refractivity contribution in [2.24, 2.45) is 0 Å². The monoisotopic (exact) mass is 324 g/mol. The molecule has 1 aliphatic carbocycles. The first-order chi connectivity index (χ1) is 11.2. The number of rotatable bonds is 3. The van der Waals surface area contributed by atoms with E-state index in [0.29, 0.717) is 0 Å². The Morgan fingerprint density at radius 1 is 1.26 bits per heavy atom. The molecule has 116 valence electrons. The van der Waals surface area contributed by atoms with E-state index >= 15 is 0 Å². The number of hydrogen-bond donors (Lipinski definition) is 1. The summed E-state index contributed by atoms with van der Waals surface area (Å²) in [4.78, 5) is 16.0. The van der Waals surface area contributed by atoms with Crippen LogP contribution in [0.1, 0.15) is 29.7 Å². The molecular weight excluding hydrogens is 308 g/mol. The summed E-state index contributed by atoms with van der Waals surface area (Å²) >= 11 is 1.57. The Bertz CT molecular complexity index is 920. The number of carboxylic acids is 1. The van der Waals surface area contributed by atoms with Gasteiger partial charge < -0.3 is 5.11 Å². The molecule has 4 rings (SSSR count). The molecule has 0 amide bonds. The van der Waals surface area contributed by atoms with E-state index in [0.717, 1.165) is 28.8 Å². The molecule has 2 aromatic heterocycles. The van der Waals surface area contributed by atoms with E-state index in [1.165, 1.54) is 36.0 Å². The zero-order valence-electron chi connectivity index (χ0n) is 12.5. The predicted octanol–water partition coefficient (Wildman–Crippen LogP) is 4.04. The largest absolute Gasteiger partial charge is 0.478 e. The highest BCUT2D eigenvalue weighted by Crippen LogP contribution is 2.31. The van der Waals surface area contributed by atoms with Crippen LogP contribution in [0, 0.1) is 0 Å². The van der Waals surface area contributed by atoms with Gasteiger partial charge in [0.15, 0.2) is 4.96 Å². The number of fused-ring (bicyclic) bond motifs is 2. The van der Waals surface area contributed by atoms with Crippen LogP contribution in [0.2, 0.25) is 0 Å². The molecular formula is C18H16N2O2S. The number of aliphatic carboxylic acids is 1. The van der Waals surface area contributed by atoms with Crippen LogP contribution < -0.4 is 0 Å². The first-order valence-electron chi connectivity index (χ1n) is 7.70. The number of nitrogens with zero attached hydrogens (tertiary/aromatic N) is 2. The standard InChI is InChI=1S/C18H16N2O2S/c21-17(22)8-7-15-10-19-18-20(15)16(11-23-18)14-6-5-12-3-1-2-4-13(12)9-14/h5-11H,1-4H2,(H,21,22)/b8-7+. The molecule has 0 unspecified atom stereocenters. The number of imidazole rings is 1. The smallest absolute Gasteiger partial charge is 0.328 e. The molecule has 0 spiro atoms. The quantitative estimate of drug-likeness (QED) is 0.740. The summed E-state index contributed by atoms with van der Waals surface area (Å²) in [7, 11) is 0. The van der Waals surface area contributed by atoms with Crippen LogP contribution in [0.25, 0.3) is 22.3 Å². The maximum absolute atomic E-state index is 10.8. The van der Waals surface area contributed by atoms with Crippen LogP contribution in [0.15, 0.2) is 35.9 Å². The van der Waals surface area contributed by atoms with Gasteiger partial charge in [-0.25, -0.2) is 9.78 Å². The fourth-order valence-corrected chi connectivity index (χ4v) is 4.08. The fourth-order valence-electron chi connectivity index (χ4n) is 3.20. The van der Waals surface area contributed by atoms with Gasteiger partial charge in [0, 0.05) is 11.5 Å². The molecule has 1 N–H and O–H groups in total. The minimum Gasteiger partial charge on any atom is -0.478 e. The molecule has 0 fully saturated rings. The average Bonchev–Trinajstić information content (AvgIpc) is 3.14. The first kappa shape index (κ1) is 14.2.